The van der Waals surface area contributed by atoms with Crippen LogP contribution >= 0.6 is 23.5 Å². The molecule has 1 saturated heterocycles. The maximum absolute atomic E-state index is 13.2. The molecule has 3 rings (SSSR count). The quantitative estimate of drug-likeness (QED) is 0.454. The molecule has 0 bridgehead atoms. The Bertz CT molecular complexity index is 838. The van der Waals surface area contributed by atoms with Crippen molar-refractivity contribution in [3.63, 3.8) is 0 Å². The zero-order valence-electron chi connectivity index (χ0n) is 15.9. The molecule has 0 aliphatic carbocycles. The van der Waals surface area contributed by atoms with Crippen LogP contribution in [0.2, 0.25) is 0 Å². The number of benzene rings is 2. The van der Waals surface area contributed by atoms with Crippen LogP contribution in [0.3, 0.4) is 0 Å². The van der Waals surface area contributed by atoms with Crippen LogP contribution in [0, 0.1) is 0 Å². The van der Waals surface area contributed by atoms with Gasteiger partial charge in [0.1, 0.15) is 5.75 Å². The van der Waals surface area contributed by atoms with Crippen LogP contribution in [-0.2, 0) is 34.2 Å². The molecule has 1 aliphatic heterocycles. The summed E-state index contributed by atoms with van der Waals surface area (Å²) in [4.78, 5) is 0. The fourth-order valence-corrected chi connectivity index (χ4v) is 5.16. The van der Waals surface area contributed by atoms with Crippen LogP contribution < -0.4 is 5.30 Å². The number of alkyl halides is 1. The van der Waals surface area contributed by atoms with Gasteiger partial charge >= 0.3 is 7.60 Å². The van der Waals surface area contributed by atoms with Crippen LogP contribution in [-0.4, -0.2) is 31.5 Å². The number of ether oxygens (including phenoxy) is 2. The van der Waals surface area contributed by atoms with E-state index < -0.39 is 13.4 Å². The van der Waals surface area contributed by atoms with Crippen LogP contribution in [0.5, 0.6) is 5.75 Å². The normalized spacial score (nSPS) is 16.4. The van der Waals surface area contributed by atoms with Crippen LogP contribution in [0.25, 0.3) is 0 Å². The molecule has 6 nitrogen and oxygen atoms in total. The van der Waals surface area contributed by atoms with Gasteiger partial charge in [0.05, 0.1) is 37.3 Å². The number of halogens is 1. The molecule has 2 aromatic rings. The van der Waals surface area contributed by atoms with Crippen molar-refractivity contribution >= 4 is 28.8 Å². The first-order valence-electron chi connectivity index (χ1n) is 9.15. The van der Waals surface area contributed by atoms with Gasteiger partial charge in [0.2, 0.25) is 5.79 Å². The minimum atomic E-state index is -3.52. The Morgan fingerprint density at radius 1 is 1.07 bits per heavy atom. The van der Waals surface area contributed by atoms with E-state index in [1.807, 2.05) is 24.3 Å². The fraction of sp³-hybridized carbons (Fsp3) is 0.400. The molecule has 0 aromatic heterocycles. The number of aromatic hydroxyl groups is 1. The summed E-state index contributed by atoms with van der Waals surface area (Å²) in [5.74, 6) is -1.30. The van der Waals surface area contributed by atoms with Crippen molar-refractivity contribution in [2.24, 2.45) is 0 Å². The van der Waals surface area contributed by atoms with Gasteiger partial charge in [0.25, 0.3) is 0 Å². The van der Waals surface area contributed by atoms with Gasteiger partial charge in [-0.25, -0.2) is 0 Å². The molecule has 0 atom stereocenters. The highest BCUT2D eigenvalue weighted by molar-refractivity contribution is 9.08. The SMILES string of the molecule is CCOP(=O)(OCC)c1ccc(O)c(C2(c3ccc(CBr)cc3)OCCO2)c1. The Labute approximate surface area is 173 Å². The molecule has 8 heteroatoms. The Balaban J connectivity index is 2.12. The highest BCUT2D eigenvalue weighted by atomic mass is 79.9. The smallest absolute Gasteiger partial charge is 0.361 e. The lowest BCUT2D eigenvalue weighted by Gasteiger charge is -2.30. The van der Waals surface area contributed by atoms with Gasteiger partial charge in [0.15, 0.2) is 0 Å². The third-order valence-electron chi connectivity index (χ3n) is 4.43. The fourth-order valence-electron chi connectivity index (χ4n) is 3.19. The van der Waals surface area contributed by atoms with E-state index in [1.165, 1.54) is 6.07 Å². The van der Waals surface area contributed by atoms with Crippen molar-refractivity contribution in [2.75, 3.05) is 26.4 Å². The molecule has 2 aromatic carbocycles. The van der Waals surface area contributed by atoms with Crippen LogP contribution in [0.15, 0.2) is 42.5 Å². The lowest BCUT2D eigenvalue weighted by Crippen LogP contribution is -2.30. The van der Waals surface area contributed by atoms with Gasteiger partial charge in [-0.1, -0.05) is 40.2 Å². The maximum Gasteiger partial charge on any atom is 0.361 e. The van der Waals surface area contributed by atoms with E-state index in [2.05, 4.69) is 15.9 Å². The first-order valence-corrected chi connectivity index (χ1v) is 11.8. The van der Waals surface area contributed by atoms with E-state index in [0.717, 1.165) is 16.5 Å². The third-order valence-corrected chi connectivity index (χ3v) is 7.19. The molecule has 0 unspecified atom stereocenters. The summed E-state index contributed by atoms with van der Waals surface area (Å²) in [7, 11) is -3.52. The molecule has 1 N–H and O–H groups in total. The third kappa shape index (κ3) is 4.06. The first kappa shape index (κ1) is 21.5. The molecule has 0 spiro atoms. The molecule has 0 amide bonds. The van der Waals surface area contributed by atoms with Gasteiger partial charge in [-0.15, -0.1) is 0 Å². The first-order chi connectivity index (χ1) is 13.5. The van der Waals surface area contributed by atoms with Gasteiger partial charge in [-0.2, -0.15) is 0 Å². The molecule has 1 fully saturated rings. The van der Waals surface area contributed by atoms with E-state index in [4.69, 9.17) is 18.5 Å². The Hall–Kier alpha value is -1.21. The molecule has 28 heavy (non-hydrogen) atoms. The largest absolute Gasteiger partial charge is 0.507 e. The standard InChI is InChI=1S/C20H24BrO6P/c1-3-26-28(23,27-4-2)17-9-10-19(22)18(13-17)20(24-11-12-25-20)16-7-5-15(14-21)6-8-16/h5-10,13,22H,3-4,11-12,14H2,1-2H3. The molecule has 0 saturated carbocycles. The summed E-state index contributed by atoms with van der Waals surface area (Å²) in [6.07, 6.45) is 0. The lowest BCUT2D eigenvalue weighted by molar-refractivity contribution is -0.130. The van der Waals surface area contributed by atoms with Crippen molar-refractivity contribution in [1.82, 2.24) is 0 Å². The summed E-state index contributed by atoms with van der Waals surface area (Å²) >= 11 is 3.43. The van der Waals surface area contributed by atoms with Gasteiger partial charge < -0.3 is 23.6 Å². The second-order valence-corrected chi connectivity index (χ2v) is 8.77. The lowest BCUT2D eigenvalue weighted by atomic mass is 9.95. The van der Waals surface area contributed by atoms with E-state index in [-0.39, 0.29) is 19.0 Å². The van der Waals surface area contributed by atoms with Gasteiger partial charge in [0, 0.05) is 10.9 Å². The van der Waals surface area contributed by atoms with Crippen molar-refractivity contribution in [3.05, 3.63) is 59.2 Å². The molecular formula is C20H24BrO6P. The van der Waals surface area contributed by atoms with Crippen LogP contribution in [0.4, 0.5) is 0 Å². The number of rotatable bonds is 8. The predicted molar refractivity (Wildman–Crippen MR) is 110 cm³/mol. The summed E-state index contributed by atoms with van der Waals surface area (Å²) < 4.78 is 36.1. The van der Waals surface area contributed by atoms with E-state index in [0.29, 0.717) is 24.1 Å². The van der Waals surface area contributed by atoms with Gasteiger partial charge in [-0.3, -0.25) is 4.57 Å². The monoisotopic (exact) mass is 470 g/mol. The number of hydrogen-bond acceptors (Lipinski definition) is 6. The summed E-state index contributed by atoms with van der Waals surface area (Å²) in [5.41, 5.74) is 2.21. The minimum absolute atomic E-state index is 0.0187. The zero-order valence-corrected chi connectivity index (χ0v) is 18.4. The zero-order chi connectivity index (χ0) is 20.2. The Kier molecular flexibility index (Phi) is 6.97. The minimum Gasteiger partial charge on any atom is -0.507 e. The van der Waals surface area contributed by atoms with Crippen molar-refractivity contribution in [3.8, 4) is 5.75 Å². The molecule has 1 aliphatic rings. The highest BCUT2D eigenvalue weighted by Gasteiger charge is 2.44. The number of hydrogen-bond donors (Lipinski definition) is 1. The summed E-state index contributed by atoms with van der Waals surface area (Å²) in [6.45, 7) is 4.72. The van der Waals surface area contributed by atoms with Gasteiger partial charge in [-0.05, 0) is 37.6 Å². The molecule has 0 radical (unpaired) electrons. The van der Waals surface area contributed by atoms with Crippen molar-refractivity contribution in [2.45, 2.75) is 25.0 Å². The van der Waals surface area contributed by atoms with E-state index >= 15 is 0 Å². The maximum atomic E-state index is 13.2. The van der Waals surface area contributed by atoms with Crippen molar-refractivity contribution < 1.29 is 28.2 Å². The van der Waals surface area contributed by atoms with E-state index in [1.54, 1.807) is 26.0 Å². The Morgan fingerprint density at radius 2 is 1.68 bits per heavy atom. The second-order valence-electron chi connectivity index (χ2n) is 6.18. The van der Waals surface area contributed by atoms with E-state index in [9.17, 15) is 9.67 Å². The predicted octanol–water partition coefficient (Wildman–Crippen LogP) is 4.43. The number of phenolic OH excluding ortho intramolecular Hbond substituents is 1. The van der Waals surface area contributed by atoms with Crippen LogP contribution in [0.1, 0.15) is 30.5 Å². The highest BCUT2D eigenvalue weighted by Crippen LogP contribution is 2.49. The average Bonchev–Trinajstić information content (AvgIpc) is 3.19. The summed E-state index contributed by atoms with van der Waals surface area (Å²) in [6, 6.07) is 12.3. The topological polar surface area (TPSA) is 74.2 Å². The second kappa shape index (κ2) is 9.08. The average molecular weight is 471 g/mol. The molecule has 152 valence electrons. The Morgan fingerprint density at radius 3 is 2.21 bits per heavy atom. The number of phenols is 1. The summed E-state index contributed by atoms with van der Waals surface area (Å²) in [5, 5.41) is 11.7. The molecular weight excluding hydrogens is 447 g/mol. The van der Waals surface area contributed by atoms with Crippen molar-refractivity contribution in [1.29, 1.82) is 0 Å². The molecule has 1 heterocycles.